The summed E-state index contributed by atoms with van der Waals surface area (Å²) in [5.41, 5.74) is 3.20. The molecule has 102 valence electrons. The fourth-order valence-electron chi connectivity index (χ4n) is 2.10. The van der Waals surface area contributed by atoms with Gasteiger partial charge in [-0.3, -0.25) is 0 Å². The third-order valence-corrected chi connectivity index (χ3v) is 3.78. The van der Waals surface area contributed by atoms with Crippen LogP contribution in [0.3, 0.4) is 0 Å². The van der Waals surface area contributed by atoms with Gasteiger partial charge in [0.05, 0.1) is 6.61 Å². The van der Waals surface area contributed by atoms with Crippen molar-refractivity contribution in [2.45, 2.75) is 54.2 Å². The third-order valence-electron chi connectivity index (χ3n) is 3.78. The number of aliphatic hydroxyl groups excluding tert-OH is 1. The van der Waals surface area contributed by atoms with E-state index in [0.717, 1.165) is 22.6 Å². The number of aryl methyl sites for hydroxylation is 2. The summed E-state index contributed by atoms with van der Waals surface area (Å²) in [6.45, 7) is 12.9. The molecular weight excluding hydrogens is 224 g/mol. The van der Waals surface area contributed by atoms with Crippen molar-refractivity contribution in [3.05, 3.63) is 22.9 Å². The van der Waals surface area contributed by atoms with Gasteiger partial charge in [0.2, 0.25) is 0 Å². The first kappa shape index (κ1) is 15.0. The summed E-state index contributed by atoms with van der Waals surface area (Å²) in [7, 11) is 2.05. The molecule has 0 aliphatic carbocycles. The van der Waals surface area contributed by atoms with Gasteiger partial charge in [0.15, 0.2) is 0 Å². The van der Waals surface area contributed by atoms with Crippen LogP contribution in [0, 0.1) is 19.3 Å². The third kappa shape index (κ3) is 3.02. The summed E-state index contributed by atoms with van der Waals surface area (Å²) in [5, 5.41) is 9.56. The van der Waals surface area contributed by atoms with Crippen LogP contribution in [0.5, 0.6) is 0 Å². The van der Waals surface area contributed by atoms with Crippen LogP contribution in [-0.4, -0.2) is 23.2 Å². The Hall–Kier alpha value is -1.09. The number of anilines is 1. The second-order valence-electron chi connectivity index (χ2n) is 6.19. The van der Waals surface area contributed by atoms with Gasteiger partial charge in [-0.25, -0.2) is 4.98 Å². The normalized spacial score (nSPS) is 13.6. The van der Waals surface area contributed by atoms with E-state index in [2.05, 4.69) is 44.6 Å². The molecule has 0 spiro atoms. The summed E-state index contributed by atoms with van der Waals surface area (Å²) in [5.74, 6) is 0.900. The van der Waals surface area contributed by atoms with Crippen molar-refractivity contribution in [3.8, 4) is 0 Å². The lowest BCUT2D eigenvalue weighted by molar-refractivity contribution is 0.279. The molecule has 0 fully saturated rings. The van der Waals surface area contributed by atoms with E-state index in [1.165, 1.54) is 0 Å². The van der Waals surface area contributed by atoms with E-state index in [4.69, 9.17) is 0 Å². The molecule has 0 radical (unpaired) electrons. The SMILES string of the molecule is Cc1cc(C)c(CO)c(N(C)C(C)C(C)(C)C)n1. The van der Waals surface area contributed by atoms with E-state index in [-0.39, 0.29) is 12.0 Å². The molecule has 0 aromatic carbocycles. The molecule has 0 amide bonds. The predicted molar refractivity (Wildman–Crippen MR) is 77.0 cm³/mol. The fourth-order valence-corrected chi connectivity index (χ4v) is 2.10. The molecule has 0 aliphatic rings. The highest BCUT2D eigenvalue weighted by molar-refractivity contribution is 5.51. The van der Waals surface area contributed by atoms with Gasteiger partial charge in [0.1, 0.15) is 5.82 Å². The van der Waals surface area contributed by atoms with E-state index < -0.39 is 0 Å². The van der Waals surface area contributed by atoms with Gasteiger partial charge in [0.25, 0.3) is 0 Å². The molecule has 0 saturated heterocycles. The summed E-state index contributed by atoms with van der Waals surface area (Å²) < 4.78 is 0. The molecule has 1 N–H and O–H groups in total. The number of pyridine rings is 1. The minimum atomic E-state index is 0.0374. The largest absolute Gasteiger partial charge is 0.392 e. The summed E-state index contributed by atoms with van der Waals surface area (Å²) >= 11 is 0. The molecular formula is C15H26N2O. The maximum absolute atomic E-state index is 9.56. The van der Waals surface area contributed by atoms with Crippen molar-refractivity contribution < 1.29 is 5.11 Å². The predicted octanol–water partition coefficient (Wildman–Crippen LogP) is 3.06. The molecule has 1 atom stereocenters. The fraction of sp³-hybridized carbons (Fsp3) is 0.667. The van der Waals surface area contributed by atoms with Gasteiger partial charge < -0.3 is 10.0 Å². The second-order valence-corrected chi connectivity index (χ2v) is 6.19. The Kier molecular flexibility index (Phi) is 4.38. The van der Waals surface area contributed by atoms with Crippen LogP contribution in [0.15, 0.2) is 6.07 Å². The number of hydrogen-bond donors (Lipinski definition) is 1. The Morgan fingerprint density at radius 1 is 1.33 bits per heavy atom. The van der Waals surface area contributed by atoms with E-state index in [1.54, 1.807) is 0 Å². The van der Waals surface area contributed by atoms with Gasteiger partial charge in [-0.15, -0.1) is 0 Å². The minimum Gasteiger partial charge on any atom is -0.392 e. The standard InChI is InChI=1S/C15H26N2O/c1-10-8-11(2)16-14(13(10)9-18)17(7)12(3)15(4,5)6/h8,12,18H,9H2,1-7H3. The Balaban J connectivity index is 3.24. The molecule has 0 aliphatic heterocycles. The summed E-state index contributed by atoms with van der Waals surface area (Å²) in [6.07, 6.45) is 0. The lowest BCUT2D eigenvalue weighted by atomic mass is 9.87. The minimum absolute atomic E-state index is 0.0374. The molecule has 0 saturated carbocycles. The highest BCUT2D eigenvalue weighted by Gasteiger charge is 2.26. The Bertz CT molecular complexity index is 421. The number of aromatic nitrogens is 1. The Morgan fingerprint density at radius 2 is 1.89 bits per heavy atom. The summed E-state index contributed by atoms with van der Waals surface area (Å²) in [4.78, 5) is 6.78. The molecule has 0 bridgehead atoms. The first-order valence-electron chi connectivity index (χ1n) is 6.49. The van der Waals surface area contributed by atoms with E-state index in [1.807, 2.05) is 19.9 Å². The molecule has 3 heteroatoms. The second kappa shape index (κ2) is 5.27. The number of aliphatic hydroxyl groups is 1. The van der Waals surface area contributed by atoms with Crippen LogP contribution in [-0.2, 0) is 6.61 Å². The molecule has 3 nitrogen and oxygen atoms in total. The molecule has 18 heavy (non-hydrogen) atoms. The maximum atomic E-state index is 9.56. The molecule has 1 heterocycles. The Morgan fingerprint density at radius 3 is 2.33 bits per heavy atom. The summed E-state index contributed by atoms with van der Waals surface area (Å²) in [6, 6.07) is 2.36. The van der Waals surface area contributed by atoms with E-state index in [0.29, 0.717) is 6.04 Å². The zero-order chi connectivity index (χ0) is 14.1. The zero-order valence-corrected chi connectivity index (χ0v) is 12.7. The maximum Gasteiger partial charge on any atom is 0.134 e. The monoisotopic (exact) mass is 250 g/mol. The number of nitrogens with zero attached hydrogens (tertiary/aromatic N) is 2. The molecule has 1 aromatic rings. The lowest BCUT2D eigenvalue weighted by Crippen LogP contribution is -2.40. The van der Waals surface area contributed by atoms with Crippen molar-refractivity contribution in [1.29, 1.82) is 0 Å². The van der Waals surface area contributed by atoms with E-state index >= 15 is 0 Å². The highest BCUT2D eigenvalue weighted by atomic mass is 16.3. The van der Waals surface area contributed by atoms with Gasteiger partial charge in [-0.05, 0) is 37.8 Å². The van der Waals surface area contributed by atoms with Crippen molar-refractivity contribution in [3.63, 3.8) is 0 Å². The van der Waals surface area contributed by atoms with Crippen molar-refractivity contribution in [1.82, 2.24) is 4.98 Å². The van der Waals surface area contributed by atoms with Crippen molar-refractivity contribution >= 4 is 5.82 Å². The topological polar surface area (TPSA) is 36.4 Å². The van der Waals surface area contributed by atoms with Crippen molar-refractivity contribution in [2.75, 3.05) is 11.9 Å². The van der Waals surface area contributed by atoms with Crippen LogP contribution in [0.25, 0.3) is 0 Å². The quantitative estimate of drug-likeness (QED) is 0.895. The number of hydrogen-bond acceptors (Lipinski definition) is 3. The average Bonchev–Trinajstić information content (AvgIpc) is 2.24. The molecule has 1 unspecified atom stereocenters. The van der Waals surface area contributed by atoms with Crippen LogP contribution in [0.2, 0.25) is 0 Å². The van der Waals surface area contributed by atoms with Gasteiger partial charge in [0, 0.05) is 24.3 Å². The average molecular weight is 250 g/mol. The zero-order valence-electron chi connectivity index (χ0n) is 12.7. The molecule has 1 aromatic heterocycles. The lowest BCUT2D eigenvalue weighted by Gasteiger charge is -2.37. The van der Waals surface area contributed by atoms with Crippen LogP contribution >= 0.6 is 0 Å². The molecule has 1 rings (SSSR count). The smallest absolute Gasteiger partial charge is 0.134 e. The van der Waals surface area contributed by atoms with Crippen LogP contribution in [0.4, 0.5) is 5.82 Å². The van der Waals surface area contributed by atoms with Gasteiger partial charge in [-0.2, -0.15) is 0 Å². The van der Waals surface area contributed by atoms with Gasteiger partial charge in [-0.1, -0.05) is 20.8 Å². The van der Waals surface area contributed by atoms with Crippen molar-refractivity contribution in [2.24, 2.45) is 5.41 Å². The van der Waals surface area contributed by atoms with Crippen LogP contribution < -0.4 is 4.90 Å². The highest BCUT2D eigenvalue weighted by Crippen LogP contribution is 2.29. The number of rotatable bonds is 3. The van der Waals surface area contributed by atoms with E-state index in [9.17, 15) is 5.11 Å². The Labute approximate surface area is 111 Å². The van der Waals surface area contributed by atoms with Gasteiger partial charge >= 0.3 is 0 Å². The van der Waals surface area contributed by atoms with Crippen LogP contribution in [0.1, 0.15) is 44.5 Å². The first-order chi connectivity index (χ1) is 8.18. The first-order valence-corrected chi connectivity index (χ1v) is 6.49.